The number of hydrogen-bond acceptors (Lipinski definition) is 7. The molecule has 92 valence electrons. The third kappa shape index (κ3) is 2.06. The Hall–Kier alpha value is -1.60. The third-order valence-electron chi connectivity index (χ3n) is 2.33. The second kappa shape index (κ2) is 4.25. The Labute approximate surface area is 111 Å². The van der Waals surface area contributed by atoms with E-state index in [-0.39, 0.29) is 0 Å². The van der Waals surface area contributed by atoms with Crippen molar-refractivity contribution >= 4 is 39.0 Å². The van der Waals surface area contributed by atoms with Crippen LogP contribution in [0.2, 0.25) is 0 Å². The highest BCUT2D eigenvalue weighted by Crippen LogP contribution is 2.35. The number of aromatic nitrogens is 3. The van der Waals surface area contributed by atoms with Gasteiger partial charge in [-0.2, -0.15) is 0 Å². The Balaban J connectivity index is 2.02. The predicted molar refractivity (Wildman–Crippen MR) is 71.9 cm³/mol. The minimum absolute atomic E-state index is 0.491. The molecule has 0 amide bonds. The van der Waals surface area contributed by atoms with Gasteiger partial charge in [-0.3, -0.25) is 0 Å². The van der Waals surface area contributed by atoms with Crippen LogP contribution in [0, 0.1) is 13.8 Å². The van der Waals surface area contributed by atoms with E-state index in [0.717, 1.165) is 20.1 Å². The van der Waals surface area contributed by atoms with Gasteiger partial charge in [0, 0.05) is 17.5 Å². The zero-order chi connectivity index (χ0) is 12.7. The number of fused-ring (bicyclic) bond motifs is 1. The maximum Gasteiger partial charge on any atom is 0.281 e. The largest absolute Gasteiger partial charge is 0.416 e. The molecule has 5 nitrogen and oxygen atoms in total. The van der Waals surface area contributed by atoms with E-state index >= 15 is 0 Å². The average molecular weight is 278 g/mol. The second-order valence-electron chi connectivity index (χ2n) is 3.78. The van der Waals surface area contributed by atoms with Gasteiger partial charge in [0.25, 0.3) is 5.22 Å². The van der Waals surface area contributed by atoms with Crippen molar-refractivity contribution in [3.05, 3.63) is 23.0 Å². The number of nitrogens with two attached hydrogens (primary N) is 1. The van der Waals surface area contributed by atoms with Crippen LogP contribution in [-0.2, 0) is 0 Å². The van der Waals surface area contributed by atoms with Crippen LogP contribution in [0.1, 0.15) is 10.9 Å². The van der Waals surface area contributed by atoms with Gasteiger partial charge in [0.15, 0.2) is 0 Å². The smallest absolute Gasteiger partial charge is 0.281 e. The van der Waals surface area contributed by atoms with Crippen LogP contribution in [0.5, 0.6) is 0 Å². The Morgan fingerprint density at radius 2 is 2.11 bits per heavy atom. The van der Waals surface area contributed by atoms with Crippen LogP contribution in [0.4, 0.5) is 5.69 Å². The molecule has 18 heavy (non-hydrogen) atoms. The summed E-state index contributed by atoms with van der Waals surface area (Å²) in [6.07, 6.45) is 0. The summed E-state index contributed by atoms with van der Waals surface area (Å²) >= 11 is 2.99. The van der Waals surface area contributed by atoms with Crippen molar-refractivity contribution in [1.82, 2.24) is 15.2 Å². The molecule has 2 aromatic heterocycles. The van der Waals surface area contributed by atoms with Crippen LogP contribution in [-0.4, -0.2) is 15.2 Å². The lowest BCUT2D eigenvalue weighted by Crippen LogP contribution is -1.88. The number of anilines is 1. The molecule has 2 N–H and O–H groups in total. The Bertz CT molecular complexity index is 719. The Morgan fingerprint density at radius 1 is 1.28 bits per heavy atom. The molecule has 7 heteroatoms. The van der Waals surface area contributed by atoms with Gasteiger partial charge in [-0.05, 0) is 30.8 Å². The minimum Gasteiger partial charge on any atom is -0.416 e. The first kappa shape index (κ1) is 11.5. The van der Waals surface area contributed by atoms with Crippen molar-refractivity contribution in [2.75, 3.05) is 5.73 Å². The highest BCUT2D eigenvalue weighted by atomic mass is 32.2. The lowest BCUT2D eigenvalue weighted by molar-refractivity contribution is 0.429. The highest BCUT2D eigenvalue weighted by Gasteiger charge is 2.11. The van der Waals surface area contributed by atoms with Crippen LogP contribution in [0.3, 0.4) is 0 Å². The van der Waals surface area contributed by atoms with Crippen molar-refractivity contribution in [2.24, 2.45) is 0 Å². The summed E-state index contributed by atoms with van der Waals surface area (Å²) in [5.74, 6) is 0.543. The molecular weight excluding hydrogens is 268 g/mol. The molecule has 0 aliphatic heterocycles. The molecule has 0 spiro atoms. The van der Waals surface area contributed by atoms with Gasteiger partial charge in [-0.25, -0.2) is 4.98 Å². The summed E-state index contributed by atoms with van der Waals surface area (Å²) in [5, 5.41) is 9.25. The summed E-state index contributed by atoms with van der Waals surface area (Å²) in [6.45, 7) is 3.74. The molecule has 3 rings (SSSR count). The molecule has 0 fully saturated rings. The monoisotopic (exact) mass is 278 g/mol. The molecule has 0 aliphatic carbocycles. The molecular formula is C11H10N4OS2. The van der Waals surface area contributed by atoms with E-state index in [9.17, 15) is 0 Å². The lowest BCUT2D eigenvalue weighted by atomic mass is 10.3. The molecule has 0 saturated heterocycles. The van der Waals surface area contributed by atoms with Crippen LogP contribution >= 0.6 is 23.1 Å². The highest BCUT2D eigenvalue weighted by molar-refractivity contribution is 7.99. The van der Waals surface area contributed by atoms with Gasteiger partial charge < -0.3 is 10.2 Å². The summed E-state index contributed by atoms with van der Waals surface area (Å²) in [7, 11) is 0. The first-order valence-corrected chi connectivity index (χ1v) is 6.90. The van der Waals surface area contributed by atoms with Crippen LogP contribution in [0.15, 0.2) is 26.7 Å². The molecule has 1 aromatic carbocycles. The molecule has 0 radical (unpaired) electrons. The molecule has 0 unspecified atom stereocenters. The first-order chi connectivity index (χ1) is 8.61. The van der Waals surface area contributed by atoms with Crippen LogP contribution in [0.25, 0.3) is 10.2 Å². The van der Waals surface area contributed by atoms with Gasteiger partial charge in [-0.15, -0.1) is 21.5 Å². The minimum atomic E-state index is 0.491. The fraction of sp³-hybridized carbons (Fsp3) is 0.182. The lowest BCUT2D eigenvalue weighted by Gasteiger charge is -2.01. The maximum atomic E-state index is 6.02. The van der Waals surface area contributed by atoms with Crippen LogP contribution < -0.4 is 5.73 Å². The fourth-order valence-corrected chi connectivity index (χ4v) is 3.22. The summed E-state index contributed by atoms with van der Waals surface area (Å²) in [6, 6.07) is 3.89. The Morgan fingerprint density at radius 3 is 2.83 bits per heavy atom. The normalized spacial score (nSPS) is 11.2. The van der Waals surface area contributed by atoms with E-state index < -0.39 is 0 Å². The standard InChI is InChI=1S/C11H10N4OS2/c1-5-14-15-11(16-5)18-9-4-8-10(3-7(9)12)17-6(2)13-8/h3-4H,12H2,1-2H3. The van der Waals surface area contributed by atoms with E-state index in [2.05, 4.69) is 15.2 Å². The number of benzene rings is 1. The van der Waals surface area contributed by atoms with Crippen molar-refractivity contribution in [2.45, 2.75) is 24.0 Å². The zero-order valence-electron chi connectivity index (χ0n) is 9.80. The fourth-order valence-electron chi connectivity index (χ4n) is 1.59. The van der Waals surface area contributed by atoms with E-state index in [0.29, 0.717) is 16.8 Å². The predicted octanol–water partition coefficient (Wildman–Crippen LogP) is 3.03. The zero-order valence-corrected chi connectivity index (χ0v) is 11.4. The van der Waals surface area contributed by atoms with E-state index in [1.54, 1.807) is 18.3 Å². The quantitative estimate of drug-likeness (QED) is 0.726. The van der Waals surface area contributed by atoms with Crippen molar-refractivity contribution in [3.63, 3.8) is 0 Å². The van der Waals surface area contributed by atoms with Gasteiger partial charge in [0.1, 0.15) is 0 Å². The summed E-state index contributed by atoms with van der Waals surface area (Å²) in [5.41, 5.74) is 7.67. The molecule has 0 bridgehead atoms. The molecule has 2 heterocycles. The van der Waals surface area contributed by atoms with E-state index in [4.69, 9.17) is 10.2 Å². The summed E-state index contributed by atoms with van der Waals surface area (Å²) in [4.78, 5) is 5.33. The second-order valence-corrected chi connectivity index (χ2v) is 6.01. The SMILES string of the molecule is Cc1nnc(Sc2cc3nc(C)sc3cc2N)o1. The Kier molecular flexibility index (Phi) is 2.71. The van der Waals surface area contributed by atoms with Gasteiger partial charge in [-0.1, -0.05) is 0 Å². The third-order valence-corrected chi connectivity index (χ3v) is 4.18. The number of thiazole rings is 1. The van der Waals surface area contributed by atoms with Gasteiger partial charge in [0.2, 0.25) is 5.89 Å². The van der Waals surface area contributed by atoms with E-state index in [1.807, 2.05) is 19.1 Å². The topological polar surface area (TPSA) is 77.8 Å². The summed E-state index contributed by atoms with van der Waals surface area (Å²) < 4.78 is 6.42. The van der Waals surface area contributed by atoms with E-state index in [1.165, 1.54) is 11.8 Å². The molecule has 0 saturated carbocycles. The first-order valence-electron chi connectivity index (χ1n) is 5.26. The van der Waals surface area contributed by atoms with Crippen molar-refractivity contribution < 1.29 is 4.42 Å². The molecule has 0 aliphatic rings. The van der Waals surface area contributed by atoms with Gasteiger partial charge in [0.05, 0.1) is 15.2 Å². The van der Waals surface area contributed by atoms with Gasteiger partial charge >= 0.3 is 0 Å². The number of rotatable bonds is 2. The number of nitrogen functional groups attached to an aromatic ring is 1. The average Bonchev–Trinajstić information content (AvgIpc) is 2.85. The number of hydrogen-bond donors (Lipinski definition) is 1. The van der Waals surface area contributed by atoms with Crippen molar-refractivity contribution in [1.29, 1.82) is 0 Å². The maximum absolute atomic E-state index is 6.02. The number of nitrogens with zero attached hydrogens (tertiary/aromatic N) is 3. The number of aryl methyl sites for hydroxylation is 2. The molecule has 0 atom stereocenters. The van der Waals surface area contributed by atoms with Crippen molar-refractivity contribution in [3.8, 4) is 0 Å². The molecule has 3 aromatic rings.